The van der Waals surface area contributed by atoms with E-state index in [-0.39, 0.29) is 0 Å². The first-order valence-electron chi connectivity index (χ1n) is 5.10. The van der Waals surface area contributed by atoms with Crippen LogP contribution in [-0.4, -0.2) is 0 Å². The molecule has 0 atom stereocenters. The largest absolute Gasteiger partial charge is 0.456 e. The van der Waals surface area contributed by atoms with Crippen molar-refractivity contribution in [2.45, 2.75) is 0 Å². The Labute approximate surface area is 109 Å². The van der Waals surface area contributed by atoms with Crippen LogP contribution in [0, 0.1) is 22.7 Å². The molecule has 0 aromatic heterocycles. The monoisotopic (exact) mass is 254 g/mol. The summed E-state index contributed by atoms with van der Waals surface area (Å²) in [5.41, 5.74) is 0.884. The Morgan fingerprint density at radius 3 is 2.56 bits per heavy atom. The maximum absolute atomic E-state index is 8.96. The average molecular weight is 255 g/mol. The van der Waals surface area contributed by atoms with Crippen LogP contribution in [0.3, 0.4) is 0 Å². The van der Waals surface area contributed by atoms with Crippen LogP contribution >= 0.6 is 11.6 Å². The zero-order chi connectivity index (χ0) is 13.0. The van der Waals surface area contributed by atoms with Crippen LogP contribution in [0.4, 0.5) is 0 Å². The van der Waals surface area contributed by atoms with E-state index in [1.807, 2.05) is 12.1 Å². The van der Waals surface area contributed by atoms with Crippen LogP contribution in [0.1, 0.15) is 11.1 Å². The van der Waals surface area contributed by atoms with E-state index < -0.39 is 0 Å². The lowest BCUT2D eigenvalue weighted by atomic mass is 10.2. The van der Waals surface area contributed by atoms with E-state index in [2.05, 4.69) is 0 Å². The molecule has 0 radical (unpaired) electrons. The number of hydrogen-bond donors (Lipinski definition) is 0. The van der Waals surface area contributed by atoms with Gasteiger partial charge in [-0.2, -0.15) is 10.5 Å². The van der Waals surface area contributed by atoms with Crippen molar-refractivity contribution in [2.75, 3.05) is 0 Å². The van der Waals surface area contributed by atoms with Gasteiger partial charge in [0.15, 0.2) is 0 Å². The lowest BCUT2D eigenvalue weighted by Gasteiger charge is -2.07. The second kappa shape index (κ2) is 5.23. The van der Waals surface area contributed by atoms with E-state index in [0.29, 0.717) is 27.6 Å². The fourth-order valence-corrected chi connectivity index (χ4v) is 1.59. The summed E-state index contributed by atoms with van der Waals surface area (Å²) < 4.78 is 5.57. The summed E-state index contributed by atoms with van der Waals surface area (Å²) in [7, 11) is 0. The average Bonchev–Trinajstić information content (AvgIpc) is 2.39. The van der Waals surface area contributed by atoms with Gasteiger partial charge in [0.1, 0.15) is 17.6 Å². The highest BCUT2D eigenvalue weighted by atomic mass is 35.5. The van der Waals surface area contributed by atoms with Gasteiger partial charge in [-0.15, -0.1) is 0 Å². The summed E-state index contributed by atoms with van der Waals surface area (Å²) >= 11 is 5.86. The molecule has 0 N–H and O–H groups in total. The third-order valence-electron chi connectivity index (χ3n) is 2.26. The van der Waals surface area contributed by atoms with E-state index in [1.54, 1.807) is 42.5 Å². The molecular weight excluding hydrogens is 248 g/mol. The predicted octanol–water partition coefficient (Wildman–Crippen LogP) is 3.88. The Morgan fingerprint density at radius 2 is 1.83 bits per heavy atom. The summed E-state index contributed by atoms with van der Waals surface area (Å²) in [5, 5.41) is 18.2. The Morgan fingerprint density at radius 1 is 1.00 bits per heavy atom. The number of nitriles is 2. The van der Waals surface area contributed by atoms with Crippen LogP contribution < -0.4 is 4.74 Å². The van der Waals surface area contributed by atoms with Gasteiger partial charge in [0, 0.05) is 11.1 Å². The molecule has 0 aliphatic rings. The Kier molecular flexibility index (Phi) is 3.48. The maximum Gasteiger partial charge on any atom is 0.146 e. The first-order chi connectivity index (χ1) is 8.72. The zero-order valence-corrected chi connectivity index (χ0v) is 9.98. The molecule has 0 amide bonds. The third-order valence-corrected chi connectivity index (χ3v) is 2.49. The predicted molar refractivity (Wildman–Crippen MR) is 67.4 cm³/mol. The van der Waals surface area contributed by atoms with Gasteiger partial charge < -0.3 is 4.74 Å². The lowest BCUT2D eigenvalue weighted by Crippen LogP contribution is -1.88. The van der Waals surface area contributed by atoms with E-state index in [0.717, 1.165) is 0 Å². The molecule has 0 aliphatic heterocycles. The SMILES string of the molecule is N#Cc1cccc(Oc2cc(Cl)ccc2C#N)c1. The third kappa shape index (κ3) is 2.60. The van der Waals surface area contributed by atoms with Gasteiger partial charge in [-0.3, -0.25) is 0 Å². The van der Waals surface area contributed by atoms with Crippen molar-refractivity contribution in [1.82, 2.24) is 0 Å². The molecule has 0 fully saturated rings. The Balaban J connectivity index is 2.37. The smallest absolute Gasteiger partial charge is 0.146 e. The fraction of sp³-hybridized carbons (Fsp3) is 0. The number of halogens is 1. The van der Waals surface area contributed by atoms with Gasteiger partial charge in [-0.1, -0.05) is 17.7 Å². The standard InChI is InChI=1S/C14H7ClN2O/c15-12-5-4-11(9-17)14(7-12)18-13-3-1-2-10(6-13)8-16/h1-7H. The normalized spacial score (nSPS) is 9.28. The Hall–Kier alpha value is -2.49. The summed E-state index contributed by atoms with van der Waals surface area (Å²) in [6, 6.07) is 15.5. The molecule has 86 valence electrons. The Bertz CT molecular complexity index is 668. The molecule has 0 heterocycles. The molecule has 3 nitrogen and oxygen atoms in total. The summed E-state index contributed by atoms with van der Waals surface area (Å²) in [4.78, 5) is 0. The molecule has 0 saturated heterocycles. The molecule has 0 unspecified atom stereocenters. The van der Waals surface area contributed by atoms with Gasteiger partial charge in [-0.05, 0) is 30.3 Å². The molecule has 0 saturated carbocycles. The molecule has 2 rings (SSSR count). The summed E-state index contributed by atoms with van der Waals surface area (Å²) in [5.74, 6) is 0.868. The zero-order valence-electron chi connectivity index (χ0n) is 9.22. The molecule has 2 aromatic rings. The van der Waals surface area contributed by atoms with E-state index in [9.17, 15) is 0 Å². The number of hydrogen-bond acceptors (Lipinski definition) is 3. The summed E-state index contributed by atoms with van der Waals surface area (Å²) in [6.45, 7) is 0. The number of rotatable bonds is 2. The fourth-order valence-electron chi connectivity index (χ4n) is 1.43. The highest BCUT2D eigenvalue weighted by Crippen LogP contribution is 2.28. The second-order valence-corrected chi connectivity index (χ2v) is 3.93. The maximum atomic E-state index is 8.96. The number of benzene rings is 2. The minimum Gasteiger partial charge on any atom is -0.456 e. The van der Waals surface area contributed by atoms with Crippen molar-refractivity contribution in [3.8, 4) is 23.6 Å². The van der Waals surface area contributed by atoms with Gasteiger partial charge in [0.05, 0.1) is 17.2 Å². The van der Waals surface area contributed by atoms with Crippen molar-refractivity contribution in [3.05, 3.63) is 58.6 Å². The summed E-state index contributed by atoms with van der Waals surface area (Å²) in [6.07, 6.45) is 0. The van der Waals surface area contributed by atoms with Crippen molar-refractivity contribution in [3.63, 3.8) is 0 Å². The first kappa shape index (κ1) is 12.0. The minimum atomic E-state index is 0.375. The van der Waals surface area contributed by atoms with Crippen molar-refractivity contribution >= 4 is 11.6 Å². The van der Waals surface area contributed by atoms with Crippen LogP contribution in [0.15, 0.2) is 42.5 Å². The molecular formula is C14H7ClN2O. The van der Waals surface area contributed by atoms with Crippen molar-refractivity contribution in [2.24, 2.45) is 0 Å². The minimum absolute atomic E-state index is 0.375. The van der Waals surface area contributed by atoms with Gasteiger partial charge in [-0.25, -0.2) is 0 Å². The molecule has 0 bridgehead atoms. The lowest BCUT2D eigenvalue weighted by molar-refractivity contribution is 0.481. The van der Waals surface area contributed by atoms with Crippen molar-refractivity contribution < 1.29 is 4.74 Å². The molecule has 0 aliphatic carbocycles. The van der Waals surface area contributed by atoms with Gasteiger partial charge in [0.2, 0.25) is 0 Å². The van der Waals surface area contributed by atoms with Crippen LogP contribution in [-0.2, 0) is 0 Å². The second-order valence-electron chi connectivity index (χ2n) is 3.49. The topological polar surface area (TPSA) is 56.8 Å². The van der Waals surface area contributed by atoms with Gasteiger partial charge >= 0.3 is 0 Å². The van der Waals surface area contributed by atoms with E-state index >= 15 is 0 Å². The molecule has 0 spiro atoms. The van der Waals surface area contributed by atoms with E-state index in [1.165, 1.54) is 0 Å². The van der Waals surface area contributed by atoms with Crippen LogP contribution in [0.2, 0.25) is 5.02 Å². The van der Waals surface area contributed by atoms with Crippen LogP contribution in [0.25, 0.3) is 0 Å². The highest BCUT2D eigenvalue weighted by molar-refractivity contribution is 6.30. The molecule has 4 heteroatoms. The molecule has 18 heavy (non-hydrogen) atoms. The number of ether oxygens (including phenoxy) is 1. The van der Waals surface area contributed by atoms with E-state index in [4.69, 9.17) is 26.9 Å². The first-order valence-corrected chi connectivity index (χ1v) is 5.48. The van der Waals surface area contributed by atoms with Crippen molar-refractivity contribution in [1.29, 1.82) is 10.5 Å². The van der Waals surface area contributed by atoms with Gasteiger partial charge in [0.25, 0.3) is 0 Å². The number of nitrogens with zero attached hydrogens (tertiary/aromatic N) is 2. The highest BCUT2D eigenvalue weighted by Gasteiger charge is 2.06. The van der Waals surface area contributed by atoms with Crippen LogP contribution in [0.5, 0.6) is 11.5 Å². The molecule has 2 aromatic carbocycles. The quantitative estimate of drug-likeness (QED) is 0.817.